The van der Waals surface area contributed by atoms with E-state index in [1.165, 1.54) is 4.90 Å². The van der Waals surface area contributed by atoms with Crippen LogP contribution in [0.25, 0.3) is 0 Å². The molecule has 0 aliphatic carbocycles. The molecule has 1 atom stereocenters. The molecule has 8 nitrogen and oxygen atoms in total. The zero-order valence-corrected chi connectivity index (χ0v) is 27.7. The number of anilines is 1. The number of nitrogens with zero attached hydrogens (tertiary/aromatic N) is 2. The van der Waals surface area contributed by atoms with Crippen molar-refractivity contribution in [3.63, 3.8) is 0 Å². The number of hydrogen-bond acceptors (Lipinski definition) is 5. The summed E-state index contributed by atoms with van der Waals surface area (Å²) in [4.78, 5) is 29.4. The Bertz CT molecular complexity index is 1670. The number of unbranched alkanes of at least 4 members (excludes halogenated alkanes) is 1. The number of ether oxygens (including phenoxy) is 1. The summed E-state index contributed by atoms with van der Waals surface area (Å²) in [5.74, 6) is -0.302. The second kappa shape index (κ2) is 16.8. The molecule has 0 bridgehead atoms. The summed E-state index contributed by atoms with van der Waals surface area (Å²) < 4.78 is 33.1. The van der Waals surface area contributed by atoms with Crippen LogP contribution in [0.3, 0.4) is 0 Å². The average Bonchev–Trinajstić information content (AvgIpc) is 3.06. The first-order chi connectivity index (χ1) is 22.2. The Balaban J connectivity index is 1.64. The Labute approximate surface area is 277 Å². The van der Waals surface area contributed by atoms with Crippen LogP contribution in [0.15, 0.2) is 109 Å². The summed E-state index contributed by atoms with van der Waals surface area (Å²) in [6, 6.07) is 31.8. The predicted molar refractivity (Wildman–Crippen MR) is 183 cm³/mol. The lowest BCUT2D eigenvalue weighted by Gasteiger charge is -2.33. The van der Waals surface area contributed by atoms with Gasteiger partial charge in [-0.15, -0.1) is 0 Å². The van der Waals surface area contributed by atoms with Gasteiger partial charge in [0.1, 0.15) is 24.9 Å². The topological polar surface area (TPSA) is 96.0 Å². The second-order valence-electron chi connectivity index (χ2n) is 11.0. The molecule has 2 amide bonds. The molecule has 4 rings (SSSR count). The van der Waals surface area contributed by atoms with E-state index in [2.05, 4.69) is 5.32 Å². The van der Waals surface area contributed by atoms with Gasteiger partial charge in [-0.1, -0.05) is 104 Å². The molecule has 242 valence electrons. The number of carbonyl (C=O) groups excluding carboxylic acids is 2. The summed E-state index contributed by atoms with van der Waals surface area (Å²) in [6.45, 7) is 2.35. The van der Waals surface area contributed by atoms with Crippen molar-refractivity contribution in [3.05, 3.63) is 131 Å². The summed E-state index contributed by atoms with van der Waals surface area (Å²) in [5.41, 5.74) is 2.80. The van der Waals surface area contributed by atoms with E-state index in [1.54, 1.807) is 42.5 Å². The molecule has 10 heteroatoms. The quantitative estimate of drug-likeness (QED) is 0.143. The fourth-order valence-corrected chi connectivity index (χ4v) is 5.98. The molecule has 46 heavy (non-hydrogen) atoms. The van der Waals surface area contributed by atoms with Crippen LogP contribution in [0.4, 0.5) is 5.69 Å². The lowest BCUT2D eigenvalue weighted by Crippen LogP contribution is -2.53. The van der Waals surface area contributed by atoms with Crippen molar-refractivity contribution in [1.82, 2.24) is 10.2 Å². The molecule has 0 radical (unpaired) electrons. The number of halogens is 1. The van der Waals surface area contributed by atoms with Gasteiger partial charge in [-0.2, -0.15) is 0 Å². The van der Waals surface area contributed by atoms with E-state index in [0.717, 1.165) is 34.5 Å². The number of rotatable bonds is 16. The summed E-state index contributed by atoms with van der Waals surface area (Å²) in [7, 11) is -3.90. The van der Waals surface area contributed by atoms with E-state index < -0.39 is 28.5 Å². The smallest absolute Gasteiger partial charge is 0.244 e. The third-order valence-corrected chi connectivity index (χ3v) is 8.96. The van der Waals surface area contributed by atoms with E-state index in [0.29, 0.717) is 35.2 Å². The molecule has 4 aromatic carbocycles. The van der Waals surface area contributed by atoms with E-state index >= 15 is 0 Å². The normalized spacial score (nSPS) is 11.8. The summed E-state index contributed by atoms with van der Waals surface area (Å²) in [6.07, 6.45) is 2.97. The highest BCUT2D eigenvalue weighted by Gasteiger charge is 2.33. The van der Waals surface area contributed by atoms with Crippen molar-refractivity contribution in [2.45, 2.75) is 45.4 Å². The number of amides is 2. The number of carbonyl (C=O) groups is 2. The maximum absolute atomic E-state index is 14.3. The monoisotopic (exact) mass is 661 g/mol. The van der Waals surface area contributed by atoms with E-state index in [4.69, 9.17) is 16.3 Å². The lowest BCUT2D eigenvalue weighted by molar-refractivity contribution is -0.140. The molecule has 0 saturated heterocycles. The van der Waals surface area contributed by atoms with E-state index in [-0.39, 0.29) is 18.9 Å². The highest BCUT2D eigenvalue weighted by atomic mass is 35.5. The number of sulfonamides is 1. The van der Waals surface area contributed by atoms with E-state index in [9.17, 15) is 18.0 Å². The molecule has 0 saturated carbocycles. The van der Waals surface area contributed by atoms with Crippen LogP contribution in [0.5, 0.6) is 5.75 Å². The predicted octanol–water partition coefficient (Wildman–Crippen LogP) is 6.24. The van der Waals surface area contributed by atoms with Crippen LogP contribution < -0.4 is 14.4 Å². The van der Waals surface area contributed by atoms with Gasteiger partial charge in [0.05, 0.1) is 11.9 Å². The van der Waals surface area contributed by atoms with Crippen molar-refractivity contribution in [2.75, 3.05) is 23.7 Å². The van der Waals surface area contributed by atoms with Crippen molar-refractivity contribution in [3.8, 4) is 5.75 Å². The molecule has 1 N–H and O–H groups in total. The minimum atomic E-state index is -3.90. The molecular formula is C36H40ClN3O5S. The fourth-order valence-electron chi connectivity index (χ4n) is 4.93. The largest absolute Gasteiger partial charge is 0.489 e. The Morgan fingerprint density at radius 1 is 0.848 bits per heavy atom. The minimum Gasteiger partial charge on any atom is -0.489 e. The van der Waals surface area contributed by atoms with Gasteiger partial charge in [0.2, 0.25) is 21.8 Å². The van der Waals surface area contributed by atoms with Crippen LogP contribution in [0.1, 0.15) is 36.5 Å². The van der Waals surface area contributed by atoms with Crippen LogP contribution >= 0.6 is 11.6 Å². The van der Waals surface area contributed by atoms with Crippen molar-refractivity contribution in [1.29, 1.82) is 0 Å². The SMILES string of the molecule is CCCCNC(=O)[C@@H](Cc1ccccc1)N(Cc1ccccc1Cl)C(=O)CN(c1ccc(OCc2ccccc2)cc1)S(C)(=O)=O. The molecule has 0 aliphatic heterocycles. The van der Waals surface area contributed by atoms with Gasteiger partial charge in [0.15, 0.2) is 0 Å². The van der Waals surface area contributed by atoms with Gasteiger partial charge in [-0.3, -0.25) is 13.9 Å². The fraction of sp³-hybridized carbons (Fsp3) is 0.278. The van der Waals surface area contributed by atoms with Crippen LogP contribution in [0, 0.1) is 0 Å². The number of benzene rings is 4. The summed E-state index contributed by atoms with van der Waals surface area (Å²) >= 11 is 6.52. The molecule has 0 fully saturated rings. The average molecular weight is 662 g/mol. The molecule has 0 spiro atoms. The maximum atomic E-state index is 14.3. The van der Waals surface area contributed by atoms with Crippen LogP contribution in [-0.2, 0) is 39.2 Å². The van der Waals surface area contributed by atoms with Crippen LogP contribution in [0.2, 0.25) is 5.02 Å². The van der Waals surface area contributed by atoms with Gasteiger partial charge in [0.25, 0.3) is 0 Å². The molecule has 0 heterocycles. The summed E-state index contributed by atoms with van der Waals surface area (Å²) in [5, 5.41) is 3.41. The van der Waals surface area contributed by atoms with Gasteiger partial charge in [0, 0.05) is 24.5 Å². The molecular weight excluding hydrogens is 622 g/mol. The Morgan fingerprint density at radius 2 is 1.46 bits per heavy atom. The highest BCUT2D eigenvalue weighted by Crippen LogP contribution is 2.25. The standard InChI is InChI=1S/C36H40ClN3O5S/c1-3-4-23-38-36(42)34(24-28-13-7-5-8-14-28)39(25-30-17-11-12-18-33(30)37)35(41)26-40(46(2,43)44)31-19-21-32(22-20-31)45-27-29-15-9-6-10-16-29/h5-22,34H,3-4,23-27H2,1-2H3,(H,38,42)/t34-/m1/s1. The highest BCUT2D eigenvalue weighted by molar-refractivity contribution is 7.92. The zero-order chi connectivity index (χ0) is 32.9. The maximum Gasteiger partial charge on any atom is 0.244 e. The molecule has 0 unspecified atom stereocenters. The first-order valence-electron chi connectivity index (χ1n) is 15.2. The first-order valence-corrected chi connectivity index (χ1v) is 17.5. The van der Waals surface area contributed by atoms with E-state index in [1.807, 2.05) is 73.7 Å². The lowest BCUT2D eigenvalue weighted by atomic mass is 10.0. The van der Waals surface area contributed by atoms with Crippen molar-refractivity contribution in [2.24, 2.45) is 0 Å². The minimum absolute atomic E-state index is 0.0150. The molecule has 4 aromatic rings. The number of hydrogen-bond donors (Lipinski definition) is 1. The Kier molecular flexibility index (Phi) is 12.6. The Hall–Kier alpha value is -4.34. The number of nitrogens with one attached hydrogen (secondary N) is 1. The van der Waals surface area contributed by atoms with Gasteiger partial charge >= 0.3 is 0 Å². The molecule has 0 aromatic heterocycles. The molecule has 0 aliphatic rings. The first kappa shape index (κ1) is 34.5. The third kappa shape index (κ3) is 10.1. The van der Waals surface area contributed by atoms with Crippen LogP contribution in [-0.4, -0.2) is 50.5 Å². The third-order valence-electron chi connectivity index (χ3n) is 7.45. The van der Waals surface area contributed by atoms with Crippen molar-refractivity contribution >= 4 is 39.1 Å². The van der Waals surface area contributed by atoms with Gasteiger partial charge in [-0.05, 0) is 53.4 Å². The Morgan fingerprint density at radius 3 is 2.07 bits per heavy atom. The zero-order valence-electron chi connectivity index (χ0n) is 26.1. The van der Waals surface area contributed by atoms with Crippen molar-refractivity contribution < 1.29 is 22.7 Å². The van der Waals surface area contributed by atoms with Gasteiger partial charge < -0.3 is 15.0 Å². The van der Waals surface area contributed by atoms with Gasteiger partial charge in [-0.25, -0.2) is 8.42 Å². The second-order valence-corrected chi connectivity index (χ2v) is 13.3.